The zero-order chi connectivity index (χ0) is 23.9. The van der Waals surface area contributed by atoms with Crippen LogP contribution in [0, 0.1) is 0 Å². The van der Waals surface area contributed by atoms with Crippen LogP contribution >= 0.6 is 15.9 Å². The van der Waals surface area contributed by atoms with Crippen LogP contribution in [0.2, 0.25) is 18.1 Å². The molecule has 1 aromatic rings. The Morgan fingerprint density at radius 1 is 1.19 bits per heavy atom. The van der Waals surface area contributed by atoms with Crippen molar-refractivity contribution in [2.45, 2.75) is 71.3 Å². The van der Waals surface area contributed by atoms with Gasteiger partial charge in [0.2, 0.25) is 0 Å². The third-order valence-corrected chi connectivity index (χ3v) is 11.6. The number of fused-ring (bicyclic) bond motifs is 3. The topological polar surface area (TPSA) is 58.1 Å². The lowest BCUT2D eigenvalue weighted by atomic mass is 10.1. The van der Waals surface area contributed by atoms with Crippen molar-refractivity contribution in [2.75, 3.05) is 49.1 Å². The van der Waals surface area contributed by atoms with Crippen molar-refractivity contribution in [3.05, 3.63) is 16.7 Å². The number of pyridine rings is 1. The summed E-state index contributed by atoms with van der Waals surface area (Å²) in [5, 5.41) is 0.186. The fourth-order valence-corrected chi connectivity index (χ4v) is 5.20. The Balaban J connectivity index is 1.75. The molecular weight excluding hydrogens is 488 g/mol. The summed E-state index contributed by atoms with van der Waals surface area (Å²) in [6.45, 7) is 21.4. The maximum atomic E-state index is 12.7. The van der Waals surface area contributed by atoms with E-state index in [2.05, 4.69) is 65.7 Å². The molecule has 0 bridgehead atoms. The molecule has 3 rings (SSSR count). The molecule has 0 radical (unpaired) electrons. The molecule has 0 N–H and O–H groups in total. The van der Waals surface area contributed by atoms with E-state index in [-0.39, 0.29) is 17.2 Å². The van der Waals surface area contributed by atoms with Gasteiger partial charge in [0.25, 0.3) is 0 Å². The number of carbonyl (C=O) groups is 1. The summed E-state index contributed by atoms with van der Waals surface area (Å²) in [5.74, 6) is 0.987. The average molecular weight is 528 g/mol. The van der Waals surface area contributed by atoms with E-state index in [0.29, 0.717) is 19.7 Å². The molecule has 0 spiro atoms. The van der Waals surface area contributed by atoms with Gasteiger partial charge in [-0.05, 0) is 60.9 Å². The van der Waals surface area contributed by atoms with Crippen LogP contribution in [-0.4, -0.2) is 75.3 Å². The van der Waals surface area contributed by atoms with E-state index in [0.717, 1.165) is 35.6 Å². The number of nitrogens with zero attached hydrogens (tertiary/aromatic N) is 4. The molecule has 32 heavy (non-hydrogen) atoms. The molecule has 2 aliphatic rings. The fraction of sp³-hybridized carbons (Fsp3) is 0.739. The first-order chi connectivity index (χ1) is 14.7. The standard InChI is InChI=1S/C23H39BrN4O3Si/c1-22(2,3)31-21(29)27-9-10-28-18(16-27)15-26(19-13-17(24)14-25-20(19)28)11-12-30-32(7,8)23(4,5)6/h13-14,18H,9-12,15-16H2,1-8H3. The van der Waals surface area contributed by atoms with Gasteiger partial charge in [-0.1, -0.05) is 20.8 Å². The molecule has 1 fully saturated rings. The highest BCUT2D eigenvalue weighted by Crippen LogP contribution is 2.38. The normalized spacial score (nSPS) is 19.5. The molecule has 1 saturated heterocycles. The van der Waals surface area contributed by atoms with E-state index >= 15 is 0 Å². The highest BCUT2D eigenvalue weighted by atomic mass is 79.9. The van der Waals surface area contributed by atoms with Crippen LogP contribution in [0.25, 0.3) is 0 Å². The number of piperazine rings is 1. The molecule has 1 atom stereocenters. The van der Waals surface area contributed by atoms with Gasteiger partial charge in [-0.3, -0.25) is 0 Å². The highest BCUT2D eigenvalue weighted by molar-refractivity contribution is 9.10. The molecule has 2 aliphatic heterocycles. The number of hydrogen-bond donors (Lipinski definition) is 0. The van der Waals surface area contributed by atoms with Gasteiger partial charge in [0.1, 0.15) is 5.60 Å². The predicted molar refractivity (Wildman–Crippen MR) is 136 cm³/mol. The Morgan fingerprint density at radius 2 is 1.88 bits per heavy atom. The summed E-state index contributed by atoms with van der Waals surface area (Å²) in [6.07, 6.45) is 1.62. The maximum absolute atomic E-state index is 12.7. The molecule has 1 unspecified atom stereocenters. The zero-order valence-electron chi connectivity index (χ0n) is 20.9. The molecule has 1 amide bonds. The SMILES string of the molecule is CC(C)(C)OC(=O)N1CCN2c3ncc(Br)cc3N(CCO[Si](C)(C)C(C)(C)C)CC2C1. The maximum Gasteiger partial charge on any atom is 0.410 e. The van der Waals surface area contributed by atoms with Crippen LogP contribution in [0.15, 0.2) is 16.7 Å². The largest absolute Gasteiger partial charge is 0.444 e. The quantitative estimate of drug-likeness (QED) is 0.508. The molecule has 0 aliphatic carbocycles. The number of aromatic nitrogens is 1. The summed E-state index contributed by atoms with van der Waals surface area (Å²) < 4.78 is 13.0. The van der Waals surface area contributed by atoms with Crippen LogP contribution in [-0.2, 0) is 9.16 Å². The van der Waals surface area contributed by atoms with Gasteiger partial charge in [0.05, 0.1) is 18.3 Å². The molecule has 180 valence electrons. The lowest BCUT2D eigenvalue weighted by Gasteiger charge is -2.49. The summed E-state index contributed by atoms with van der Waals surface area (Å²) in [6, 6.07) is 2.32. The van der Waals surface area contributed by atoms with Crippen LogP contribution in [0.5, 0.6) is 0 Å². The molecule has 1 aromatic heterocycles. The minimum Gasteiger partial charge on any atom is -0.444 e. The molecule has 3 heterocycles. The number of halogens is 1. The van der Waals surface area contributed by atoms with Gasteiger partial charge in [-0.15, -0.1) is 0 Å². The lowest BCUT2D eigenvalue weighted by molar-refractivity contribution is 0.0214. The van der Waals surface area contributed by atoms with E-state index in [1.54, 1.807) is 0 Å². The number of amides is 1. The van der Waals surface area contributed by atoms with Gasteiger partial charge in [0, 0.05) is 43.4 Å². The number of hydrogen-bond acceptors (Lipinski definition) is 6. The van der Waals surface area contributed by atoms with Crippen molar-refractivity contribution in [3.63, 3.8) is 0 Å². The third kappa shape index (κ3) is 5.77. The monoisotopic (exact) mass is 526 g/mol. The number of anilines is 2. The highest BCUT2D eigenvalue weighted by Gasteiger charge is 2.40. The van der Waals surface area contributed by atoms with E-state index in [1.807, 2.05) is 31.9 Å². The van der Waals surface area contributed by atoms with Crippen molar-refractivity contribution in [1.82, 2.24) is 9.88 Å². The smallest absolute Gasteiger partial charge is 0.410 e. The predicted octanol–water partition coefficient (Wildman–Crippen LogP) is 5.11. The van der Waals surface area contributed by atoms with Crippen LogP contribution in [0.4, 0.5) is 16.3 Å². The summed E-state index contributed by atoms with van der Waals surface area (Å²) in [5.41, 5.74) is 0.633. The molecule has 0 saturated carbocycles. The van der Waals surface area contributed by atoms with Gasteiger partial charge in [-0.2, -0.15) is 0 Å². The minimum atomic E-state index is -1.81. The second kappa shape index (κ2) is 9.14. The van der Waals surface area contributed by atoms with Crippen molar-refractivity contribution in [2.24, 2.45) is 0 Å². The fourth-order valence-electron chi connectivity index (χ4n) is 3.85. The van der Waals surface area contributed by atoms with Crippen molar-refractivity contribution < 1.29 is 14.0 Å². The lowest BCUT2D eigenvalue weighted by Crippen LogP contribution is -2.61. The molecule has 9 heteroatoms. The van der Waals surface area contributed by atoms with Gasteiger partial charge in [0.15, 0.2) is 14.1 Å². The molecule has 7 nitrogen and oxygen atoms in total. The molecular formula is C23H39BrN4O3Si. The zero-order valence-corrected chi connectivity index (χ0v) is 23.5. The van der Waals surface area contributed by atoms with Crippen LogP contribution < -0.4 is 9.80 Å². The Morgan fingerprint density at radius 3 is 2.50 bits per heavy atom. The van der Waals surface area contributed by atoms with E-state index in [4.69, 9.17) is 14.1 Å². The Hall–Kier alpha value is -1.32. The Bertz CT molecular complexity index is 838. The first kappa shape index (κ1) is 25.3. The van der Waals surface area contributed by atoms with Crippen molar-refractivity contribution >= 4 is 41.8 Å². The van der Waals surface area contributed by atoms with Crippen LogP contribution in [0.3, 0.4) is 0 Å². The second-order valence-electron chi connectivity index (χ2n) is 11.3. The average Bonchev–Trinajstić information content (AvgIpc) is 2.65. The van der Waals surface area contributed by atoms with Gasteiger partial charge in [-0.25, -0.2) is 9.78 Å². The second-order valence-corrected chi connectivity index (χ2v) is 17.0. The summed E-state index contributed by atoms with van der Waals surface area (Å²) in [7, 11) is -1.81. The van der Waals surface area contributed by atoms with Crippen LogP contribution in [0.1, 0.15) is 41.5 Å². The summed E-state index contributed by atoms with van der Waals surface area (Å²) in [4.78, 5) is 24.0. The van der Waals surface area contributed by atoms with E-state index in [9.17, 15) is 4.79 Å². The van der Waals surface area contributed by atoms with Gasteiger partial charge < -0.3 is 23.9 Å². The first-order valence-electron chi connectivity index (χ1n) is 11.5. The van der Waals surface area contributed by atoms with Crippen molar-refractivity contribution in [1.29, 1.82) is 0 Å². The number of rotatable bonds is 4. The Labute approximate surface area is 202 Å². The van der Waals surface area contributed by atoms with Gasteiger partial charge >= 0.3 is 6.09 Å². The minimum absolute atomic E-state index is 0.172. The third-order valence-electron chi connectivity index (χ3n) is 6.62. The first-order valence-corrected chi connectivity index (χ1v) is 15.2. The number of ether oxygens (including phenoxy) is 1. The van der Waals surface area contributed by atoms with E-state index < -0.39 is 13.9 Å². The Kier molecular flexibility index (Phi) is 7.23. The number of carbonyl (C=O) groups excluding carboxylic acids is 1. The summed E-state index contributed by atoms with van der Waals surface area (Å²) >= 11 is 3.59. The van der Waals surface area contributed by atoms with E-state index in [1.165, 1.54) is 0 Å². The van der Waals surface area contributed by atoms with Crippen molar-refractivity contribution in [3.8, 4) is 0 Å². The molecule has 0 aromatic carbocycles.